The number of hydrogen-bond donors (Lipinski definition) is 1. The van der Waals surface area contributed by atoms with Crippen molar-refractivity contribution in [1.82, 2.24) is 0 Å². The van der Waals surface area contributed by atoms with Crippen LogP contribution in [0.3, 0.4) is 0 Å². The van der Waals surface area contributed by atoms with Gasteiger partial charge in [0.2, 0.25) is 0 Å². The summed E-state index contributed by atoms with van der Waals surface area (Å²) in [5, 5.41) is 3.32. The van der Waals surface area contributed by atoms with Crippen molar-refractivity contribution in [1.29, 1.82) is 0 Å². The first kappa shape index (κ1) is 13.3. The lowest BCUT2D eigenvalue weighted by molar-refractivity contribution is 0.368. The predicted octanol–water partition coefficient (Wildman–Crippen LogP) is 4.84. The van der Waals surface area contributed by atoms with E-state index in [0.29, 0.717) is 0 Å². The summed E-state index contributed by atoms with van der Waals surface area (Å²) in [6, 6.07) is 15.8. The number of hydrogen-bond acceptors (Lipinski definition) is 2. The molecule has 0 bridgehead atoms. The van der Waals surface area contributed by atoms with Gasteiger partial charge >= 0.3 is 7.25 Å². The smallest absolute Gasteiger partial charge is 0.453 e. The SMILES string of the molecule is F[B-](F)(F)F.c1ccc2c(c1)Nc1ccccc1O2. The van der Waals surface area contributed by atoms with Gasteiger partial charge in [0.15, 0.2) is 11.5 Å². The predicted molar refractivity (Wildman–Crippen MR) is 66.4 cm³/mol. The number of ether oxygens (including phenoxy) is 1. The van der Waals surface area contributed by atoms with Crippen molar-refractivity contribution < 1.29 is 22.0 Å². The Morgan fingerprint density at radius 3 is 1.53 bits per heavy atom. The van der Waals surface area contributed by atoms with Gasteiger partial charge in [0.1, 0.15) is 0 Å². The highest BCUT2D eigenvalue weighted by molar-refractivity contribution is 6.50. The molecular formula is C12H9BF4NO-. The zero-order valence-corrected chi connectivity index (χ0v) is 9.62. The van der Waals surface area contributed by atoms with Gasteiger partial charge in [-0.2, -0.15) is 0 Å². The molecule has 1 heterocycles. The number of fused-ring (bicyclic) bond motifs is 2. The van der Waals surface area contributed by atoms with E-state index in [1.807, 2.05) is 48.5 Å². The summed E-state index contributed by atoms with van der Waals surface area (Å²) in [6.45, 7) is 0. The van der Waals surface area contributed by atoms with Crippen LogP contribution in [0.15, 0.2) is 48.5 Å². The number of para-hydroxylation sites is 4. The van der Waals surface area contributed by atoms with Gasteiger partial charge in [0.05, 0.1) is 11.4 Å². The van der Waals surface area contributed by atoms with Crippen LogP contribution in [0.2, 0.25) is 0 Å². The van der Waals surface area contributed by atoms with Crippen LogP contribution in [0.5, 0.6) is 11.5 Å². The second-order valence-electron chi connectivity index (χ2n) is 3.71. The van der Waals surface area contributed by atoms with E-state index in [2.05, 4.69) is 5.32 Å². The van der Waals surface area contributed by atoms with E-state index in [0.717, 1.165) is 22.9 Å². The summed E-state index contributed by atoms with van der Waals surface area (Å²) >= 11 is 0. The Kier molecular flexibility index (Phi) is 3.64. The fourth-order valence-electron chi connectivity index (χ4n) is 1.58. The van der Waals surface area contributed by atoms with Gasteiger partial charge < -0.3 is 27.3 Å². The number of benzene rings is 2. The van der Waals surface area contributed by atoms with Gasteiger partial charge in [-0.15, -0.1) is 0 Å². The molecule has 0 atom stereocenters. The second-order valence-corrected chi connectivity index (χ2v) is 3.71. The van der Waals surface area contributed by atoms with E-state index in [1.54, 1.807) is 0 Å². The van der Waals surface area contributed by atoms with Crippen LogP contribution < -0.4 is 10.1 Å². The Bertz CT molecular complexity index is 480. The quantitative estimate of drug-likeness (QED) is 0.466. The molecular weight excluding hydrogens is 261 g/mol. The van der Waals surface area contributed by atoms with E-state index in [-0.39, 0.29) is 0 Å². The summed E-state index contributed by atoms with van der Waals surface area (Å²) in [7, 11) is -6.00. The average Bonchev–Trinajstić information content (AvgIpc) is 2.34. The Labute approximate surface area is 107 Å². The summed E-state index contributed by atoms with van der Waals surface area (Å²) in [6.07, 6.45) is 0. The Hall–Kier alpha value is -2.18. The van der Waals surface area contributed by atoms with Crippen LogP contribution >= 0.6 is 0 Å². The Morgan fingerprint density at radius 2 is 1.11 bits per heavy atom. The van der Waals surface area contributed by atoms with Gasteiger partial charge in [-0.05, 0) is 24.3 Å². The third-order valence-electron chi connectivity index (χ3n) is 2.26. The molecule has 0 radical (unpaired) electrons. The molecule has 0 saturated carbocycles. The molecule has 0 unspecified atom stereocenters. The molecule has 2 aromatic carbocycles. The van der Waals surface area contributed by atoms with Crippen LogP contribution in [0, 0.1) is 0 Å². The molecule has 100 valence electrons. The molecule has 1 N–H and O–H groups in total. The molecule has 0 saturated heterocycles. The molecule has 0 amide bonds. The maximum absolute atomic E-state index is 9.75. The highest BCUT2D eigenvalue weighted by Gasteiger charge is 2.20. The highest BCUT2D eigenvalue weighted by Crippen LogP contribution is 2.40. The van der Waals surface area contributed by atoms with Crippen molar-refractivity contribution in [3.63, 3.8) is 0 Å². The van der Waals surface area contributed by atoms with Crippen molar-refractivity contribution in [2.24, 2.45) is 0 Å². The van der Waals surface area contributed by atoms with Crippen LogP contribution in [0.4, 0.5) is 28.6 Å². The monoisotopic (exact) mass is 270 g/mol. The Morgan fingerprint density at radius 1 is 0.737 bits per heavy atom. The van der Waals surface area contributed by atoms with Gasteiger partial charge in [0.25, 0.3) is 0 Å². The third-order valence-corrected chi connectivity index (χ3v) is 2.26. The normalized spacial score (nSPS) is 12.0. The van der Waals surface area contributed by atoms with Gasteiger partial charge in [-0.1, -0.05) is 24.3 Å². The molecule has 2 aromatic rings. The zero-order chi connectivity index (χ0) is 13.9. The Balaban J connectivity index is 0.000000232. The minimum absolute atomic E-state index is 0.881. The van der Waals surface area contributed by atoms with Gasteiger partial charge in [0, 0.05) is 0 Å². The zero-order valence-electron chi connectivity index (χ0n) is 9.62. The number of anilines is 2. The molecule has 19 heavy (non-hydrogen) atoms. The van der Waals surface area contributed by atoms with E-state index < -0.39 is 7.25 Å². The van der Waals surface area contributed by atoms with Gasteiger partial charge in [-0.3, -0.25) is 0 Å². The van der Waals surface area contributed by atoms with Crippen molar-refractivity contribution in [3.8, 4) is 11.5 Å². The van der Waals surface area contributed by atoms with Crippen molar-refractivity contribution in [3.05, 3.63) is 48.5 Å². The topological polar surface area (TPSA) is 21.3 Å². The first-order valence-electron chi connectivity index (χ1n) is 5.44. The van der Waals surface area contributed by atoms with Crippen LogP contribution in [0.1, 0.15) is 0 Å². The second kappa shape index (κ2) is 5.21. The standard InChI is InChI=1S/C12H9NO.BF4/c1-3-7-11-9(5-1)13-10-6-2-4-8-12(10)14-11;2-1(3,4)5/h1-8,13H;/q;-1. The summed E-state index contributed by atoms with van der Waals surface area (Å²) in [4.78, 5) is 0. The van der Waals surface area contributed by atoms with Crippen LogP contribution in [-0.4, -0.2) is 7.25 Å². The average molecular weight is 270 g/mol. The number of nitrogens with one attached hydrogen (secondary N) is 1. The molecule has 0 aliphatic carbocycles. The molecule has 0 aromatic heterocycles. The number of rotatable bonds is 0. The van der Waals surface area contributed by atoms with Crippen molar-refractivity contribution in [2.45, 2.75) is 0 Å². The third kappa shape index (κ3) is 3.91. The highest BCUT2D eigenvalue weighted by atomic mass is 19.5. The van der Waals surface area contributed by atoms with E-state index in [4.69, 9.17) is 4.74 Å². The number of halogens is 4. The fourth-order valence-corrected chi connectivity index (χ4v) is 1.58. The lowest BCUT2D eigenvalue weighted by Gasteiger charge is -2.20. The molecule has 0 spiro atoms. The van der Waals surface area contributed by atoms with E-state index in [9.17, 15) is 17.3 Å². The van der Waals surface area contributed by atoms with Crippen LogP contribution in [0.25, 0.3) is 0 Å². The first-order valence-corrected chi connectivity index (χ1v) is 5.44. The molecule has 3 rings (SSSR count). The van der Waals surface area contributed by atoms with E-state index in [1.165, 1.54) is 0 Å². The molecule has 0 fully saturated rings. The minimum atomic E-state index is -6.00. The molecule has 2 nitrogen and oxygen atoms in total. The lowest BCUT2D eigenvalue weighted by atomic mass is 10.2. The summed E-state index contributed by atoms with van der Waals surface area (Å²) in [5.74, 6) is 1.76. The maximum atomic E-state index is 9.75. The van der Waals surface area contributed by atoms with Crippen molar-refractivity contribution >= 4 is 18.6 Å². The largest absolute Gasteiger partial charge is 0.673 e. The molecule has 1 aliphatic heterocycles. The fraction of sp³-hybridized carbons (Fsp3) is 0. The minimum Gasteiger partial charge on any atom is -0.453 e. The lowest BCUT2D eigenvalue weighted by Crippen LogP contribution is -2.02. The summed E-state index contributed by atoms with van der Waals surface area (Å²) in [5.41, 5.74) is 2.04. The van der Waals surface area contributed by atoms with E-state index >= 15 is 0 Å². The summed E-state index contributed by atoms with van der Waals surface area (Å²) < 4.78 is 44.7. The van der Waals surface area contributed by atoms with Gasteiger partial charge in [-0.25, -0.2) is 0 Å². The van der Waals surface area contributed by atoms with Crippen molar-refractivity contribution in [2.75, 3.05) is 5.32 Å². The molecule has 1 aliphatic rings. The first-order chi connectivity index (χ1) is 8.93. The van der Waals surface area contributed by atoms with Crippen LogP contribution in [-0.2, 0) is 0 Å². The molecule has 7 heteroatoms. The maximum Gasteiger partial charge on any atom is 0.673 e.